The van der Waals surface area contributed by atoms with Crippen LogP contribution in [0.25, 0.3) is 0 Å². The maximum absolute atomic E-state index is 14.3. The van der Waals surface area contributed by atoms with Crippen molar-refractivity contribution in [2.75, 3.05) is 44.0 Å². The lowest BCUT2D eigenvalue weighted by Crippen LogP contribution is -2.48. The molecule has 0 fully saturated rings. The van der Waals surface area contributed by atoms with E-state index >= 15 is 0 Å². The molecular weight excluding hydrogens is 648 g/mol. The standard InChI is InChI=1S/C33H43FN4O7S2/c1-22-19-38(23(2)21-39)32(40)28-18-27(36-33(41)35-26-12-10-25(34)11-13-26)14-15-29(28)45-24(3)8-5-6-16-44-30(22)20-37(4)47(42,43)31-9-7-17-46-31/h7,9-15,17-18,22-24,30,39H,5-6,8,16,19-21H2,1-4H3,(H2,35,36,41)/t22-,23+,24+,30+/m0/s1. The highest BCUT2D eigenvalue weighted by atomic mass is 32.2. The van der Waals surface area contributed by atoms with Crippen molar-refractivity contribution < 1.29 is 37.0 Å². The van der Waals surface area contributed by atoms with E-state index in [9.17, 15) is 27.5 Å². The summed E-state index contributed by atoms with van der Waals surface area (Å²) in [7, 11) is -2.21. The normalized spacial score (nSPS) is 20.5. The number of aliphatic hydroxyl groups excluding tert-OH is 1. The Morgan fingerprint density at radius 3 is 2.51 bits per heavy atom. The molecule has 1 aromatic heterocycles. The molecule has 3 aromatic rings. The van der Waals surface area contributed by atoms with Gasteiger partial charge in [0.15, 0.2) is 0 Å². The summed E-state index contributed by atoms with van der Waals surface area (Å²) in [5.41, 5.74) is 0.897. The fourth-order valence-corrected chi connectivity index (χ4v) is 7.59. The molecule has 1 aliphatic heterocycles. The smallest absolute Gasteiger partial charge is 0.323 e. The Morgan fingerprint density at radius 1 is 1.13 bits per heavy atom. The van der Waals surface area contributed by atoms with Crippen LogP contribution in [0.5, 0.6) is 5.75 Å². The van der Waals surface area contributed by atoms with Crippen LogP contribution in [0.15, 0.2) is 64.2 Å². The first-order valence-corrected chi connectivity index (χ1v) is 17.9. The van der Waals surface area contributed by atoms with Crippen molar-refractivity contribution in [2.45, 2.75) is 62.5 Å². The number of amides is 3. The summed E-state index contributed by atoms with van der Waals surface area (Å²) in [5, 5.41) is 17.2. The van der Waals surface area contributed by atoms with E-state index in [-0.39, 0.29) is 41.5 Å². The quantitative estimate of drug-likeness (QED) is 0.278. The lowest BCUT2D eigenvalue weighted by molar-refractivity contribution is -0.00832. The minimum absolute atomic E-state index is 0.0737. The van der Waals surface area contributed by atoms with Crippen LogP contribution in [0.4, 0.5) is 20.6 Å². The minimum Gasteiger partial charge on any atom is -0.490 e. The third-order valence-corrected chi connectivity index (χ3v) is 11.2. The van der Waals surface area contributed by atoms with Crippen LogP contribution in [0.2, 0.25) is 0 Å². The number of carbonyl (C=O) groups is 2. The summed E-state index contributed by atoms with van der Waals surface area (Å²) in [6.45, 7) is 5.83. The number of ether oxygens (including phenoxy) is 2. The minimum atomic E-state index is -3.73. The number of likely N-dealkylation sites (N-methyl/N-ethyl adjacent to an activating group) is 1. The highest BCUT2D eigenvalue weighted by Gasteiger charge is 2.32. The predicted octanol–water partition coefficient (Wildman–Crippen LogP) is 5.65. The zero-order chi connectivity index (χ0) is 34.1. The SMILES string of the molecule is C[C@@H]1CCCCO[C@H](CN(C)S(=O)(=O)c2cccs2)[C@@H](C)CN([C@H](C)CO)C(=O)c2cc(NC(=O)Nc3ccc(F)cc3)ccc2O1. The van der Waals surface area contributed by atoms with Crippen molar-refractivity contribution in [3.8, 4) is 5.75 Å². The molecule has 0 aliphatic carbocycles. The number of nitrogens with zero attached hydrogens (tertiary/aromatic N) is 2. The van der Waals surface area contributed by atoms with Gasteiger partial charge in [-0.2, -0.15) is 4.31 Å². The van der Waals surface area contributed by atoms with Crippen LogP contribution in [0.3, 0.4) is 0 Å². The van der Waals surface area contributed by atoms with Gasteiger partial charge in [0.1, 0.15) is 15.8 Å². The number of sulfonamides is 1. The van der Waals surface area contributed by atoms with Crippen molar-refractivity contribution in [3.05, 3.63) is 71.4 Å². The summed E-state index contributed by atoms with van der Waals surface area (Å²) < 4.78 is 53.8. The van der Waals surface area contributed by atoms with Crippen LogP contribution in [0.1, 0.15) is 50.4 Å². The zero-order valence-corrected chi connectivity index (χ0v) is 28.7. The fourth-order valence-electron chi connectivity index (χ4n) is 5.20. The molecule has 256 valence electrons. The van der Waals surface area contributed by atoms with E-state index in [2.05, 4.69) is 10.6 Å². The van der Waals surface area contributed by atoms with Crippen molar-refractivity contribution in [3.63, 3.8) is 0 Å². The molecule has 0 saturated heterocycles. The van der Waals surface area contributed by atoms with Gasteiger partial charge in [-0.1, -0.05) is 13.0 Å². The first kappa shape index (κ1) is 36.3. The van der Waals surface area contributed by atoms with Crippen LogP contribution in [0, 0.1) is 11.7 Å². The predicted molar refractivity (Wildman–Crippen MR) is 180 cm³/mol. The van der Waals surface area contributed by atoms with E-state index in [0.29, 0.717) is 30.2 Å². The second kappa shape index (κ2) is 16.5. The Hall–Kier alpha value is -3.56. The molecule has 0 radical (unpaired) electrons. The second-order valence-electron chi connectivity index (χ2n) is 11.8. The van der Waals surface area contributed by atoms with E-state index in [0.717, 1.165) is 24.2 Å². The second-order valence-corrected chi connectivity index (χ2v) is 15.0. The van der Waals surface area contributed by atoms with Gasteiger partial charge in [0.05, 0.1) is 30.4 Å². The molecule has 47 heavy (non-hydrogen) atoms. The maximum Gasteiger partial charge on any atom is 0.323 e. The van der Waals surface area contributed by atoms with Gasteiger partial charge in [0, 0.05) is 44.0 Å². The number of carbonyl (C=O) groups excluding carboxylic acids is 2. The fraction of sp³-hybridized carbons (Fsp3) is 0.455. The van der Waals surface area contributed by atoms with Gasteiger partial charge < -0.3 is 30.1 Å². The van der Waals surface area contributed by atoms with Crippen molar-refractivity contribution in [1.82, 2.24) is 9.21 Å². The molecule has 11 nitrogen and oxygen atoms in total. The van der Waals surface area contributed by atoms with Gasteiger partial charge in [-0.15, -0.1) is 11.3 Å². The molecule has 2 aromatic carbocycles. The molecule has 0 saturated carbocycles. The van der Waals surface area contributed by atoms with Crippen molar-refractivity contribution >= 4 is 44.7 Å². The Balaban J connectivity index is 1.62. The molecule has 14 heteroatoms. The maximum atomic E-state index is 14.3. The molecular formula is C33H43FN4O7S2. The highest BCUT2D eigenvalue weighted by Crippen LogP contribution is 2.29. The first-order chi connectivity index (χ1) is 22.4. The van der Waals surface area contributed by atoms with E-state index in [1.54, 1.807) is 36.6 Å². The number of nitrogens with one attached hydrogen (secondary N) is 2. The van der Waals surface area contributed by atoms with E-state index in [4.69, 9.17) is 9.47 Å². The molecule has 2 heterocycles. The average Bonchev–Trinajstić information content (AvgIpc) is 3.60. The number of benzene rings is 2. The van der Waals surface area contributed by atoms with Crippen LogP contribution in [-0.4, -0.2) is 86.3 Å². The number of hydrogen-bond acceptors (Lipinski definition) is 8. The molecule has 3 N–H and O–H groups in total. The molecule has 0 spiro atoms. The largest absolute Gasteiger partial charge is 0.490 e. The summed E-state index contributed by atoms with van der Waals surface area (Å²) in [6, 6.07) is 12.2. The van der Waals surface area contributed by atoms with Gasteiger partial charge in [-0.3, -0.25) is 4.79 Å². The summed E-state index contributed by atoms with van der Waals surface area (Å²) in [5.74, 6) is -0.859. The van der Waals surface area contributed by atoms with Crippen molar-refractivity contribution in [1.29, 1.82) is 0 Å². The molecule has 4 rings (SSSR count). The summed E-state index contributed by atoms with van der Waals surface area (Å²) in [6.07, 6.45) is 1.40. The Morgan fingerprint density at radius 2 is 1.83 bits per heavy atom. The lowest BCUT2D eigenvalue weighted by atomic mass is 10.0. The van der Waals surface area contributed by atoms with Gasteiger partial charge in [0.2, 0.25) is 0 Å². The number of fused-ring (bicyclic) bond motifs is 1. The summed E-state index contributed by atoms with van der Waals surface area (Å²) in [4.78, 5) is 28.6. The zero-order valence-electron chi connectivity index (χ0n) is 27.0. The molecule has 0 unspecified atom stereocenters. The molecule has 4 atom stereocenters. The Bertz CT molecular complexity index is 1590. The lowest BCUT2D eigenvalue weighted by Gasteiger charge is -2.35. The number of aliphatic hydroxyl groups is 1. The van der Waals surface area contributed by atoms with Crippen LogP contribution >= 0.6 is 11.3 Å². The first-order valence-electron chi connectivity index (χ1n) is 15.6. The molecule has 3 amide bonds. The number of urea groups is 1. The monoisotopic (exact) mass is 690 g/mol. The number of halogens is 1. The third-order valence-electron chi connectivity index (χ3n) is 8.01. The summed E-state index contributed by atoms with van der Waals surface area (Å²) >= 11 is 1.14. The van der Waals surface area contributed by atoms with Gasteiger partial charge in [-0.05, 0) is 87.0 Å². The van der Waals surface area contributed by atoms with E-state index < -0.39 is 39.9 Å². The number of anilines is 2. The molecule has 1 aliphatic rings. The van der Waals surface area contributed by atoms with Crippen molar-refractivity contribution in [2.24, 2.45) is 5.92 Å². The highest BCUT2D eigenvalue weighted by molar-refractivity contribution is 7.91. The molecule has 0 bridgehead atoms. The third kappa shape index (κ3) is 9.73. The van der Waals surface area contributed by atoms with Gasteiger partial charge >= 0.3 is 6.03 Å². The van der Waals surface area contributed by atoms with E-state index in [1.807, 2.05) is 13.8 Å². The number of thiophene rings is 1. The number of hydrogen-bond donors (Lipinski definition) is 3. The topological polar surface area (TPSA) is 138 Å². The Kier molecular flexibility index (Phi) is 12.7. The average molecular weight is 691 g/mol. The van der Waals surface area contributed by atoms with Crippen LogP contribution < -0.4 is 15.4 Å². The van der Waals surface area contributed by atoms with Crippen LogP contribution in [-0.2, 0) is 14.8 Å². The Labute approximate surface area is 279 Å². The van der Waals surface area contributed by atoms with Gasteiger partial charge in [0.25, 0.3) is 15.9 Å². The van der Waals surface area contributed by atoms with E-state index in [1.165, 1.54) is 46.6 Å². The number of rotatable bonds is 8. The van der Waals surface area contributed by atoms with Gasteiger partial charge in [-0.25, -0.2) is 17.6 Å².